The third-order valence-corrected chi connectivity index (χ3v) is 5.80. The average molecular weight is 327 g/mol. The predicted molar refractivity (Wildman–Crippen MR) is 102 cm³/mol. The Bertz CT molecular complexity index is 640. The third kappa shape index (κ3) is 3.41. The smallest absolute Gasteiger partial charge is 0.148 e. The van der Waals surface area contributed by atoms with Gasteiger partial charge in [0.2, 0.25) is 0 Å². The van der Waals surface area contributed by atoms with Gasteiger partial charge in [-0.25, -0.2) is 0 Å². The minimum absolute atomic E-state index is 0.331. The minimum Gasteiger partial charge on any atom is -0.377 e. The summed E-state index contributed by atoms with van der Waals surface area (Å²) in [6.45, 7) is 9.89. The van der Waals surface area contributed by atoms with E-state index in [0.29, 0.717) is 16.7 Å². The maximum atomic E-state index is 4.93. The molecule has 1 fully saturated rings. The molecule has 1 saturated carbocycles. The fourth-order valence-corrected chi connectivity index (χ4v) is 4.23. The van der Waals surface area contributed by atoms with Crippen LogP contribution in [-0.4, -0.2) is 23.4 Å². The molecule has 3 rings (SSSR count). The van der Waals surface area contributed by atoms with Crippen LogP contribution in [-0.2, 0) is 0 Å². The molecule has 2 atom stereocenters. The Balaban J connectivity index is 1.80. The first kappa shape index (κ1) is 17.2. The zero-order valence-electron chi connectivity index (χ0n) is 15.7. The summed E-state index contributed by atoms with van der Waals surface area (Å²) in [6, 6.07) is 7.74. The third-order valence-electron chi connectivity index (χ3n) is 5.80. The van der Waals surface area contributed by atoms with E-state index < -0.39 is 0 Å². The van der Waals surface area contributed by atoms with Gasteiger partial charge in [0, 0.05) is 11.6 Å². The molecule has 1 aliphatic heterocycles. The number of nitrogens with one attached hydrogen (secondary N) is 1. The Morgan fingerprint density at radius 3 is 2.62 bits per heavy atom. The van der Waals surface area contributed by atoms with Crippen LogP contribution in [0.15, 0.2) is 35.2 Å². The first-order valence-electron chi connectivity index (χ1n) is 9.53. The molecule has 0 radical (unpaired) electrons. The first-order chi connectivity index (χ1) is 11.5. The standard InChI is InChI=1S/C21H32N3/c1-5-24(18(4)21-12-11-16(2)13-17(21)3)15-20(14-22-24)23-19-9-7-6-8-10-19/h11-15,18-19,23H,5-10H2,1-4H3/q+1. The van der Waals surface area contributed by atoms with Gasteiger partial charge in [-0.2, -0.15) is 4.59 Å². The largest absolute Gasteiger partial charge is 0.377 e. The summed E-state index contributed by atoms with van der Waals surface area (Å²) in [4.78, 5) is 0. The Kier molecular flexibility index (Phi) is 5.09. The Morgan fingerprint density at radius 2 is 1.96 bits per heavy atom. The Labute approximate surface area is 147 Å². The summed E-state index contributed by atoms with van der Waals surface area (Å²) >= 11 is 0. The Morgan fingerprint density at radius 1 is 1.21 bits per heavy atom. The monoisotopic (exact) mass is 326 g/mol. The van der Waals surface area contributed by atoms with Crippen LogP contribution < -0.4 is 5.32 Å². The van der Waals surface area contributed by atoms with E-state index in [9.17, 15) is 0 Å². The summed E-state index contributed by atoms with van der Waals surface area (Å²) in [5, 5.41) is 8.66. The van der Waals surface area contributed by atoms with Gasteiger partial charge < -0.3 is 5.32 Å². The summed E-state index contributed by atoms with van der Waals surface area (Å²) in [5.74, 6) is 0. The second-order valence-corrected chi connectivity index (χ2v) is 7.55. The van der Waals surface area contributed by atoms with Crippen LogP contribution in [0.25, 0.3) is 0 Å². The summed E-state index contributed by atoms with van der Waals surface area (Å²) in [5.41, 5.74) is 5.30. The highest BCUT2D eigenvalue weighted by atomic mass is 15.6. The van der Waals surface area contributed by atoms with Crippen molar-refractivity contribution in [3.63, 3.8) is 0 Å². The zero-order valence-corrected chi connectivity index (χ0v) is 15.7. The normalized spacial score (nSPS) is 25.6. The summed E-state index contributed by atoms with van der Waals surface area (Å²) in [6.07, 6.45) is 11.1. The van der Waals surface area contributed by atoms with E-state index in [1.807, 2.05) is 0 Å². The van der Waals surface area contributed by atoms with Crippen LogP contribution in [0, 0.1) is 13.8 Å². The highest BCUT2D eigenvalue weighted by molar-refractivity contribution is 5.78. The molecular weight excluding hydrogens is 294 g/mol. The van der Waals surface area contributed by atoms with Crippen LogP contribution >= 0.6 is 0 Å². The molecule has 0 aromatic heterocycles. The van der Waals surface area contributed by atoms with E-state index in [2.05, 4.69) is 63.6 Å². The lowest BCUT2D eigenvalue weighted by atomic mass is 9.95. The van der Waals surface area contributed by atoms with Gasteiger partial charge >= 0.3 is 0 Å². The molecule has 1 aromatic carbocycles. The fourth-order valence-electron chi connectivity index (χ4n) is 4.23. The molecule has 1 N–H and O–H groups in total. The van der Waals surface area contributed by atoms with Gasteiger partial charge in [-0.15, -0.1) is 0 Å². The fraction of sp³-hybridized carbons (Fsp3) is 0.571. The molecule has 0 spiro atoms. The van der Waals surface area contributed by atoms with E-state index in [1.54, 1.807) is 0 Å². The maximum Gasteiger partial charge on any atom is 0.148 e. The van der Waals surface area contributed by atoms with E-state index in [1.165, 1.54) is 54.5 Å². The van der Waals surface area contributed by atoms with Gasteiger partial charge in [-0.05, 0) is 46.1 Å². The number of rotatable bonds is 5. The molecule has 3 nitrogen and oxygen atoms in total. The van der Waals surface area contributed by atoms with Crippen molar-refractivity contribution in [2.45, 2.75) is 71.9 Å². The van der Waals surface area contributed by atoms with Gasteiger partial charge in [-0.1, -0.05) is 48.1 Å². The zero-order chi connectivity index (χ0) is 17.2. The second kappa shape index (κ2) is 7.10. The highest BCUT2D eigenvalue weighted by Crippen LogP contribution is 2.35. The number of aryl methyl sites for hydroxylation is 2. The molecule has 0 saturated heterocycles. The number of benzene rings is 1. The van der Waals surface area contributed by atoms with Crippen molar-refractivity contribution in [3.05, 3.63) is 46.8 Å². The lowest BCUT2D eigenvalue weighted by Gasteiger charge is -2.32. The number of quaternary nitrogens is 1. The molecule has 1 aromatic rings. The van der Waals surface area contributed by atoms with Crippen molar-refractivity contribution in [2.24, 2.45) is 5.10 Å². The van der Waals surface area contributed by atoms with E-state index in [0.717, 1.165) is 6.54 Å². The number of nitrogens with zero attached hydrogens (tertiary/aromatic N) is 2. The van der Waals surface area contributed by atoms with Crippen LogP contribution in [0.3, 0.4) is 0 Å². The molecule has 1 aliphatic carbocycles. The molecule has 24 heavy (non-hydrogen) atoms. The van der Waals surface area contributed by atoms with E-state index in [-0.39, 0.29) is 0 Å². The van der Waals surface area contributed by atoms with E-state index >= 15 is 0 Å². The van der Waals surface area contributed by atoms with Gasteiger partial charge in [0.05, 0.1) is 0 Å². The van der Waals surface area contributed by atoms with Crippen LogP contribution in [0.4, 0.5) is 0 Å². The SMILES string of the molecule is CC[N+]1(C(C)c2ccc(C)cc2C)C=C(NC2CCCCC2)C=N1. The average Bonchev–Trinajstić information content (AvgIpc) is 3.00. The quantitative estimate of drug-likeness (QED) is 0.760. The van der Waals surface area contributed by atoms with Gasteiger partial charge in [0.1, 0.15) is 30.7 Å². The summed E-state index contributed by atoms with van der Waals surface area (Å²) < 4.78 is 0.666. The van der Waals surface area contributed by atoms with Crippen molar-refractivity contribution in [1.82, 2.24) is 5.32 Å². The van der Waals surface area contributed by atoms with Crippen molar-refractivity contribution < 1.29 is 4.59 Å². The first-order valence-corrected chi connectivity index (χ1v) is 9.53. The molecular formula is C21H32N3+. The predicted octanol–water partition coefficient (Wildman–Crippen LogP) is 4.96. The molecule has 2 unspecified atom stereocenters. The van der Waals surface area contributed by atoms with E-state index in [4.69, 9.17) is 5.10 Å². The molecule has 130 valence electrons. The van der Waals surface area contributed by atoms with Crippen LogP contribution in [0.1, 0.15) is 68.7 Å². The van der Waals surface area contributed by atoms with Crippen molar-refractivity contribution in [2.75, 3.05) is 6.54 Å². The minimum atomic E-state index is 0.331. The molecule has 2 aliphatic rings. The maximum absolute atomic E-state index is 4.93. The number of hydrogen-bond donors (Lipinski definition) is 1. The lowest BCUT2D eigenvalue weighted by molar-refractivity contribution is -0.911. The molecule has 3 heteroatoms. The Hall–Kier alpha value is -1.61. The molecule has 1 heterocycles. The summed E-state index contributed by atoms with van der Waals surface area (Å²) in [7, 11) is 0. The van der Waals surface area contributed by atoms with Gasteiger partial charge in [0.25, 0.3) is 0 Å². The number of allylic oxidation sites excluding steroid dienone is 1. The highest BCUT2D eigenvalue weighted by Gasteiger charge is 2.37. The van der Waals surface area contributed by atoms with Crippen molar-refractivity contribution in [1.29, 1.82) is 0 Å². The second-order valence-electron chi connectivity index (χ2n) is 7.55. The van der Waals surface area contributed by atoms with Crippen molar-refractivity contribution >= 4 is 6.21 Å². The van der Waals surface area contributed by atoms with Crippen LogP contribution in [0.2, 0.25) is 0 Å². The molecule has 0 bridgehead atoms. The van der Waals surface area contributed by atoms with Crippen molar-refractivity contribution in [3.8, 4) is 0 Å². The lowest BCUT2D eigenvalue weighted by Crippen LogP contribution is -2.39. The topological polar surface area (TPSA) is 24.4 Å². The van der Waals surface area contributed by atoms with Gasteiger partial charge in [-0.3, -0.25) is 0 Å². The van der Waals surface area contributed by atoms with Crippen LogP contribution in [0.5, 0.6) is 0 Å². The number of hydrogen-bond acceptors (Lipinski definition) is 2. The molecule has 0 amide bonds. The van der Waals surface area contributed by atoms with Gasteiger partial charge in [0.15, 0.2) is 0 Å².